The third-order valence-electron chi connectivity index (χ3n) is 14.3. The lowest BCUT2D eigenvalue weighted by atomic mass is 9.43. The Labute approximate surface area is 381 Å². The smallest absolute Gasteiger partial charge is 0.350 e. The zero-order chi connectivity index (χ0) is 47.9. The third-order valence-corrected chi connectivity index (χ3v) is 14.3. The van der Waals surface area contributed by atoms with Gasteiger partial charge in [0.05, 0.1) is 42.4 Å². The van der Waals surface area contributed by atoms with Crippen LogP contribution in [0.4, 0.5) is 0 Å². The molecule has 3 fully saturated rings. The SMILES string of the molecule is CC(=O)O[C@@]12COC1C[C@H](O)[C@@]1(C)C(=O)[C@H](C)C3=C(C)[C@@H](OC(=O)[C@H](OC(=O)CCC(=O)O)[C@@H](NC(=O)c4ccccc4)c4ccccc4)C[C@@](O)([C@@H](OC(=O)c4ccccc4)C21)C3(C)C. The number of rotatable bonds is 13. The molecular formula is C50H55NO15. The van der Waals surface area contributed by atoms with Gasteiger partial charge in [0.2, 0.25) is 6.10 Å². The molecule has 0 aromatic heterocycles. The molecule has 2 bridgehead atoms. The average Bonchev–Trinajstić information content (AvgIpc) is 3.28. The van der Waals surface area contributed by atoms with E-state index in [1.165, 1.54) is 38.1 Å². The first-order chi connectivity index (χ1) is 31.2. The Balaban J connectivity index is 1.38. The number of fused-ring (bicyclic) bond motifs is 5. The maximum absolute atomic E-state index is 15.4. The molecule has 3 aromatic carbocycles. The number of hydrogen-bond acceptors (Lipinski definition) is 14. The Hall–Kier alpha value is -6.23. The Morgan fingerprint density at radius 3 is 2.02 bits per heavy atom. The van der Waals surface area contributed by atoms with Crippen molar-refractivity contribution in [2.24, 2.45) is 22.7 Å². The van der Waals surface area contributed by atoms with Crippen molar-refractivity contribution >= 4 is 41.5 Å². The van der Waals surface area contributed by atoms with Crippen molar-refractivity contribution in [2.45, 2.75) is 115 Å². The van der Waals surface area contributed by atoms with Gasteiger partial charge in [-0.15, -0.1) is 0 Å². The van der Waals surface area contributed by atoms with Crippen molar-refractivity contribution < 1.29 is 72.6 Å². The van der Waals surface area contributed by atoms with Gasteiger partial charge in [-0.25, -0.2) is 9.59 Å². The van der Waals surface area contributed by atoms with Crippen LogP contribution < -0.4 is 5.32 Å². The van der Waals surface area contributed by atoms with E-state index in [-0.39, 0.29) is 24.2 Å². The number of carboxylic acid groups (broad SMARTS) is 1. The molecule has 350 valence electrons. The van der Waals surface area contributed by atoms with E-state index in [0.717, 1.165) is 0 Å². The summed E-state index contributed by atoms with van der Waals surface area (Å²) in [5.74, 6) is -8.94. The maximum atomic E-state index is 15.4. The highest BCUT2D eigenvalue weighted by molar-refractivity contribution is 5.95. The fourth-order valence-corrected chi connectivity index (χ4v) is 10.9. The summed E-state index contributed by atoms with van der Waals surface area (Å²) in [6, 6.07) is 22.7. The summed E-state index contributed by atoms with van der Waals surface area (Å²) >= 11 is 0. The number of ketones is 1. The van der Waals surface area contributed by atoms with Gasteiger partial charge in [-0.2, -0.15) is 0 Å². The van der Waals surface area contributed by atoms with Gasteiger partial charge in [-0.05, 0) is 54.8 Å². The van der Waals surface area contributed by atoms with Crippen LogP contribution in [-0.2, 0) is 47.7 Å². The minimum absolute atomic E-state index is 0.0875. The first kappa shape index (κ1) is 47.7. The van der Waals surface area contributed by atoms with Crippen LogP contribution >= 0.6 is 0 Å². The number of Topliss-reactive ketones (excluding diaryl/α,β-unsaturated/α-hetero) is 1. The number of amides is 1. The van der Waals surface area contributed by atoms with Crippen LogP contribution in [0.3, 0.4) is 0 Å². The van der Waals surface area contributed by atoms with Crippen molar-refractivity contribution in [3.8, 4) is 0 Å². The molecule has 11 atom stereocenters. The number of carboxylic acids is 1. The number of ether oxygens (including phenoxy) is 5. The van der Waals surface area contributed by atoms with Gasteiger partial charge in [-0.1, -0.05) is 87.5 Å². The molecule has 0 radical (unpaired) electrons. The number of esters is 4. The number of nitrogens with one attached hydrogen (secondary N) is 1. The first-order valence-corrected chi connectivity index (χ1v) is 21.9. The molecule has 1 aliphatic heterocycles. The van der Waals surface area contributed by atoms with Crippen molar-refractivity contribution in [1.29, 1.82) is 0 Å². The van der Waals surface area contributed by atoms with Crippen molar-refractivity contribution in [3.63, 3.8) is 0 Å². The topological polar surface area (TPSA) is 238 Å². The number of aliphatic carboxylic acids is 1. The van der Waals surface area contributed by atoms with Gasteiger partial charge in [0.1, 0.15) is 35.7 Å². The summed E-state index contributed by atoms with van der Waals surface area (Å²) in [5, 5.41) is 38.0. The minimum atomic E-state index is -2.30. The van der Waals surface area contributed by atoms with Crippen LogP contribution in [0.25, 0.3) is 0 Å². The zero-order valence-corrected chi connectivity index (χ0v) is 37.6. The lowest BCUT2D eigenvalue weighted by molar-refractivity contribution is -0.345. The summed E-state index contributed by atoms with van der Waals surface area (Å²) in [6.45, 7) is 9.02. The van der Waals surface area contributed by atoms with Gasteiger partial charge in [-0.3, -0.25) is 24.0 Å². The predicted octanol–water partition coefficient (Wildman–Crippen LogP) is 4.86. The first-order valence-electron chi connectivity index (χ1n) is 21.9. The second-order valence-electron chi connectivity index (χ2n) is 18.4. The fourth-order valence-electron chi connectivity index (χ4n) is 10.9. The average molecular weight is 910 g/mol. The molecule has 4 aliphatic rings. The Morgan fingerprint density at radius 1 is 0.864 bits per heavy atom. The summed E-state index contributed by atoms with van der Waals surface area (Å²) in [4.78, 5) is 96.3. The molecular weight excluding hydrogens is 855 g/mol. The van der Waals surface area contributed by atoms with Crippen molar-refractivity contribution in [2.75, 3.05) is 6.61 Å². The molecule has 2 unspecified atom stereocenters. The van der Waals surface area contributed by atoms with Gasteiger partial charge in [0.25, 0.3) is 5.91 Å². The summed E-state index contributed by atoms with van der Waals surface area (Å²) in [5.41, 5.74) is -6.03. The number of aliphatic hydroxyl groups is 2. The summed E-state index contributed by atoms with van der Waals surface area (Å²) in [6.07, 6.45) is -9.43. The molecule has 1 saturated heterocycles. The van der Waals surface area contributed by atoms with E-state index in [1.54, 1.807) is 94.4 Å². The quantitative estimate of drug-likeness (QED) is 0.102. The van der Waals surface area contributed by atoms with Crippen LogP contribution in [0, 0.1) is 22.7 Å². The molecule has 66 heavy (non-hydrogen) atoms. The van der Waals surface area contributed by atoms with Crippen LogP contribution in [0.2, 0.25) is 0 Å². The molecule has 1 amide bonds. The van der Waals surface area contributed by atoms with Gasteiger partial charge < -0.3 is 44.3 Å². The Kier molecular flexibility index (Phi) is 13.2. The van der Waals surface area contributed by atoms with Gasteiger partial charge >= 0.3 is 29.8 Å². The standard InChI is InChI=1S/C50H55NO15/c1-27-33(63-46(60)40(64-37(56)23-22-36(54)55)39(30-16-10-7-11-17-30)51-44(58)31-18-12-8-13-19-31)25-50(61)43(65-45(59)32-20-14-9-15-21-32)41-48(6,42(57)28(2)38(27)47(50,4)5)34(53)24-35-49(41,26-62-35)66-29(3)52/h7-21,28,33-35,39-41,43,53,61H,22-26H2,1-6H3,(H,51,58)(H,54,55)/t28-,33+,34+,35?,39+,40-,41?,43+,48-,49+,50-/m1/s1. The second kappa shape index (κ2) is 18.2. The van der Waals surface area contributed by atoms with Crippen LogP contribution in [0.5, 0.6) is 0 Å². The number of carbonyl (C=O) groups is 7. The number of aliphatic hydroxyl groups excluding tert-OH is 1. The monoisotopic (exact) mass is 909 g/mol. The summed E-state index contributed by atoms with van der Waals surface area (Å²) in [7, 11) is 0. The normalized spacial score (nSPS) is 30.6. The molecule has 0 spiro atoms. The summed E-state index contributed by atoms with van der Waals surface area (Å²) < 4.78 is 30.5. The highest BCUT2D eigenvalue weighted by atomic mass is 16.6. The van der Waals surface area contributed by atoms with E-state index in [2.05, 4.69) is 5.32 Å². The van der Waals surface area contributed by atoms with E-state index in [9.17, 15) is 44.1 Å². The molecule has 2 saturated carbocycles. The predicted molar refractivity (Wildman–Crippen MR) is 232 cm³/mol. The lowest BCUT2D eigenvalue weighted by Crippen LogP contribution is -2.81. The van der Waals surface area contributed by atoms with Gasteiger partial charge in [0.15, 0.2) is 5.60 Å². The van der Waals surface area contributed by atoms with E-state index < -0.39 is 131 Å². The van der Waals surface area contributed by atoms with Crippen LogP contribution in [-0.4, -0.2) is 105 Å². The maximum Gasteiger partial charge on any atom is 0.350 e. The Bertz CT molecular complexity index is 2420. The molecule has 3 aliphatic carbocycles. The number of hydrogen-bond donors (Lipinski definition) is 4. The van der Waals surface area contributed by atoms with Gasteiger partial charge in [0, 0.05) is 36.7 Å². The van der Waals surface area contributed by atoms with E-state index >= 15 is 4.79 Å². The van der Waals surface area contributed by atoms with E-state index in [4.69, 9.17) is 23.7 Å². The Morgan fingerprint density at radius 2 is 1.45 bits per heavy atom. The van der Waals surface area contributed by atoms with Crippen molar-refractivity contribution in [3.05, 3.63) is 119 Å². The van der Waals surface area contributed by atoms with Crippen LogP contribution in [0.15, 0.2) is 102 Å². The molecule has 16 nitrogen and oxygen atoms in total. The lowest BCUT2D eigenvalue weighted by Gasteiger charge is -2.67. The highest BCUT2D eigenvalue weighted by Gasteiger charge is 2.77. The molecule has 1 heterocycles. The zero-order valence-electron chi connectivity index (χ0n) is 37.6. The fraction of sp³-hybridized carbons (Fsp3) is 0.460. The minimum Gasteiger partial charge on any atom is -0.481 e. The third kappa shape index (κ3) is 8.30. The van der Waals surface area contributed by atoms with E-state index in [0.29, 0.717) is 16.7 Å². The van der Waals surface area contributed by atoms with Crippen molar-refractivity contribution in [1.82, 2.24) is 5.32 Å². The molecule has 3 aromatic rings. The molecule has 16 heteroatoms. The van der Waals surface area contributed by atoms with Crippen LogP contribution in [0.1, 0.15) is 99.5 Å². The largest absolute Gasteiger partial charge is 0.481 e. The number of carbonyl (C=O) groups excluding carboxylic acids is 6. The number of benzene rings is 3. The van der Waals surface area contributed by atoms with E-state index in [1.807, 2.05) is 0 Å². The molecule has 7 rings (SSSR count). The molecule has 4 N–H and O–H groups in total. The second-order valence-corrected chi connectivity index (χ2v) is 18.4. The highest BCUT2D eigenvalue weighted by Crippen LogP contribution is 2.65.